The average molecular weight is 312 g/mol. The van der Waals surface area contributed by atoms with Crippen molar-refractivity contribution >= 4 is 17.5 Å². The van der Waals surface area contributed by atoms with Gasteiger partial charge in [-0.1, -0.05) is 13.8 Å². The van der Waals surface area contributed by atoms with Crippen molar-refractivity contribution in [2.45, 2.75) is 33.6 Å². The van der Waals surface area contributed by atoms with Gasteiger partial charge >= 0.3 is 0 Å². The van der Waals surface area contributed by atoms with E-state index in [0.29, 0.717) is 18.5 Å². The van der Waals surface area contributed by atoms with Crippen LogP contribution in [0.1, 0.15) is 33.6 Å². The third kappa shape index (κ3) is 5.79. The summed E-state index contributed by atoms with van der Waals surface area (Å²) in [6.07, 6.45) is 0.934. The van der Waals surface area contributed by atoms with Gasteiger partial charge in [-0.25, -0.2) is 8.78 Å². The summed E-state index contributed by atoms with van der Waals surface area (Å²) in [5.41, 5.74) is -0.0242. The van der Waals surface area contributed by atoms with E-state index in [0.717, 1.165) is 17.4 Å². The quantitative estimate of drug-likeness (QED) is 0.841. The van der Waals surface area contributed by atoms with E-state index >= 15 is 0 Å². The Kier molecular flexibility index (Phi) is 6.95. The fourth-order valence-corrected chi connectivity index (χ4v) is 1.95. The molecule has 0 radical (unpaired) electrons. The molecule has 0 fully saturated rings. The van der Waals surface area contributed by atoms with E-state index in [1.165, 1.54) is 13.0 Å². The lowest BCUT2D eigenvalue weighted by molar-refractivity contribution is -0.121. The van der Waals surface area contributed by atoms with Crippen molar-refractivity contribution in [3.8, 4) is 0 Å². The van der Waals surface area contributed by atoms with E-state index in [1.54, 1.807) is 0 Å². The number of hydrogen-bond donors (Lipinski definition) is 1. The minimum Gasteiger partial charge on any atom is -0.356 e. The summed E-state index contributed by atoms with van der Waals surface area (Å²) in [5, 5.41) is 2.75. The van der Waals surface area contributed by atoms with Gasteiger partial charge in [-0.3, -0.25) is 9.59 Å². The number of carbonyl (C=O) groups is 2. The van der Waals surface area contributed by atoms with E-state index in [4.69, 9.17) is 0 Å². The molecule has 0 unspecified atom stereocenters. The Balaban J connectivity index is 2.62. The summed E-state index contributed by atoms with van der Waals surface area (Å²) in [6.45, 7) is 6.01. The number of benzene rings is 1. The van der Waals surface area contributed by atoms with Crippen molar-refractivity contribution in [3.05, 3.63) is 29.8 Å². The number of nitrogens with one attached hydrogen (secondary N) is 1. The van der Waals surface area contributed by atoms with Crippen molar-refractivity contribution in [2.75, 3.05) is 18.0 Å². The van der Waals surface area contributed by atoms with Gasteiger partial charge in [-0.2, -0.15) is 0 Å². The fraction of sp³-hybridized carbons (Fsp3) is 0.500. The van der Waals surface area contributed by atoms with Gasteiger partial charge in [-0.05, 0) is 24.5 Å². The number of carbonyl (C=O) groups excluding carboxylic acids is 2. The maximum atomic E-state index is 13.7. The summed E-state index contributed by atoms with van der Waals surface area (Å²) < 4.78 is 26.7. The van der Waals surface area contributed by atoms with Crippen LogP contribution in [0.2, 0.25) is 0 Å². The predicted molar refractivity (Wildman–Crippen MR) is 81.5 cm³/mol. The molecular formula is C16H22F2N2O2. The highest BCUT2D eigenvalue weighted by molar-refractivity contribution is 5.92. The van der Waals surface area contributed by atoms with Crippen LogP contribution in [-0.4, -0.2) is 24.9 Å². The van der Waals surface area contributed by atoms with Gasteiger partial charge in [0.1, 0.15) is 11.6 Å². The molecule has 0 spiro atoms. The van der Waals surface area contributed by atoms with E-state index in [1.807, 2.05) is 0 Å². The fourth-order valence-electron chi connectivity index (χ4n) is 1.95. The lowest BCUT2D eigenvalue weighted by Crippen LogP contribution is -2.34. The van der Waals surface area contributed by atoms with Gasteiger partial charge in [0.25, 0.3) is 0 Å². The second kappa shape index (κ2) is 8.46. The summed E-state index contributed by atoms with van der Waals surface area (Å²) in [6, 6.07) is 2.99. The molecule has 2 amide bonds. The van der Waals surface area contributed by atoms with Crippen LogP contribution in [0.25, 0.3) is 0 Å². The predicted octanol–water partition coefficient (Wildman–Crippen LogP) is 2.87. The number of halogens is 2. The van der Waals surface area contributed by atoms with Crippen LogP contribution in [0.3, 0.4) is 0 Å². The molecule has 0 heterocycles. The molecule has 1 N–H and O–H groups in total. The largest absolute Gasteiger partial charge is 0.356 e. The van der Waals surface area contributed by atoms with Gasteiger partial charge < -0.3 is 10.2 Å². The van der Waals surface area contributed by atoms with Gasteiger partial charge in [0.15, 0.2) is 0 Å². The maximum Gasteiger partial charge on any atom is 0.223 e. The molecule has 0 bridgehead atoms. The molecule has 0 aliphatic rings. The van der Waals surface area contributed by atoms with Crippen molar-refractivity contribution in [2.24, 2.45) is 5.92 Å². The van der Waals surface area contributed by atoms with Gasteiger partial charge in [-0.15, -0.1) is 0 Å². The van der Waals surface area contributed by atoms with Crippen LogP contribution in [-0.2, 0) is 9.59 Å². The number of nitrogens with zero attached hydrogens (tertiary/aromatic N) is 1. The van der Waals surface area contributed by atoms with Crippen molar-refractivity contribution in [3.63, 3.8) is 0 Å². The topological polar surface area (TPSA) is 49.4 Å². The molecule has 22 heavy (non-hydrogen) atoms. The highest BCUT2D eigenvalue weighted by Crippen LogP contribution is 2.20. The number of hydrogen-bond acceptors (Lipinski definition) is 2. The minimum absolute atomic E-state index is 0.0242. The standard InChI is InChI=1S/C16H22F2N2O2/c1-11(2)6-8-19-16(22)7-9-20(12(3)21)15-5-4-13(17)10-14(15)18/h4-5,10-11H,6-9H2,1-3H3,(H,19,22). The first-order valence-corrected chi connectivity index (χ1v) is 7.31. The van der Waals surface area contributed by atoms with Crippen LogP contribution in [0.15, 0.2) is 18.2 Å². The van der Waals surface area contributed by atoms with E-state index < -0.39 is 17.5 Å². The molecule has 1 aromatic rings. The monoisotopic (exact) mass is 312 g/mol. The van der Waals surface area contributed by atoms with Gasteiger partial charge in [0.05, 0.1) is 5.69 Å². The number of anilines is 1. The lowest BCUT2D eigenvalue weighted by Gasteiger charge is -2.21. The lowest BCUT2D eigenvalue weighted by atomic mass is 10.1. The molecule has 0 aliphatic carbocycles. The van der Waals surface area contributed by atoms with Crippen molar-refractivity contribution in [1.29, 1.82) is 0 Å². The third-order valence-corrected chi connectivity index (χ3v) is 3.19. The Morgan fingerprint density at radius 3 is 2.50 bits per heavy atom. The van der Waals surface area contributed by atoms with Crippen molar-refractivity contribution < 1.29 is 18.4 Å². The van der Waals surface area contributed by atoms with E-state index in [2.05, 4.69) is 19.2 Å². The van der Waals surface area contributed by atoms with Gasteiger partial charge in [0.2, 0.25) is 11.8 Å². The summed E-state index contributed by atoms with van der Waals surface area (Å²) >= 11 is 0. The minimum atomic E-state index is -0.824. The van der Waals surface area contributed by atoms with Crippen LogP contribution in [0.5, 0.6) is 0 Å². The molecule has 0 aromatic heterocycles. The van der Waals surface area contributed by atoms with Crippen LogP contribution >= 0.6 is 0 Å². The Morgan fingerprint density at radius 1 is 1.27 bits per heavy atom. The van der Waals surface area contributed by atoms with E-state index in [9.17, 15) is 18.4 Å². The average Bonchev–Trinajstić information content (AvgIpc) is 2.40. The SMILES string of the molecule is CC(=O)N(CCC(=O)NCCC(C)C)c1ccc(F)cc1F. The summed E-state index contributed by atoms with van der Waals surface area (Å²) in [4.78, 5) is 24.5. The highest BCUT2D eigenvalue weighted by Gasteiger charge is 2.17. The van der Waals surface area contributed by atoms with Gasteiger partial charge in [0, 0.05) is 32.5 Å². The second-order valence-electron chi connectivity index (χ2n) is 5.55. The molecule has 6 heteroatoms. The first-order valence-electron chi connectivity index (χ1n) is 7.31. The molecule has 1 rings (SSSR count). The van der Waals surface area contributed by atoms with Crippen LogP contribution in [0.4, 0.5) is 14.5 Å². The van der Waals surface area contributed by atoms with Crippen molar-refractivity contribution in [1.82, 2.24) is 5.32 Å². The van der Waals surface area contributed by atoms with E-state index in [-0.39, 0.29) is 24.6 Å². The Labute approximate surface area is 129 Å². The molecular weight excluding hydrogens is 290 g/mol. The molecule has 122 valence electrons. The summed E-state index contributed by atoms with van der Waals surface area (Å²) in [7, 11) is 0. The summed E-state index contributed by atoms with van der Waals surface area (Å²) in [5.74, 6) is -1.65. The Morgan fingerprint density at radius 2 is 1.95 bits per heavy atom. The first-order chi connectivity index (χ1) is 10.3. The number of rotatable bonds is 7. The normalized spacial score (nSPS) is 10.6. The maximum absolute atomic E-state index is 13.7. The zero-order valence-corrected chi connectivity index (χ0v) is 13.2. The van der Waals surface area contributed by atoms with Crippen LogP contribution in [0, 0.1) is 17.6 Å². The smallest absolute Gasteiger partial charge is 0.223 e. The Bertz CT molecular complexity index is 533. The zero-order chi connectivity index (χ0) is 16.7. The zero-order valence-electron chi connectivity index (χ0n) is 13.2. The molecule has 4 nitrogen and oxygen atoms in total. The molecule has 0 saturated heterocycles. The molecule has 1 aromatic carbocycles. The molecule has 0 aliphatic heterocycles. The van der Waals surface area contributed by atoms with Crippen LogP contribution < -0.4 is 10.2 Å². The molecule has 0 saturated carbocycles. The number of amides is 2. The first kappa shape index (κ1) is 18.1. The Hall–Kier alpha value is -1.98. The molecule has 0 atom stereocenters. The second-order valence-corrected chi connectivity index (χ2v) is 5.55. The highest BCUT2D eigenvalue weighted by atomic mass is 19.1. The third-order valence-electron chi connectivity index (χ3n) is 3.19.